The summed E-state index contributed by atoms with van der Waals surface area (Å²) in [6.45, 7) is 3.20. The lowest BCUT2D eigenvalue weighted by molar-refractivity contribution is 0.0705. The number of para-hydroxylation sites is 1. The number of ether oxygens (including phenoxy) is 6. The lowest BCUT2D eigenvalue weighted by Crippen LogP contribution is -2.11. The second-order valence-corrected chi connectivity index (χ2v) is 13.1. The minimum atomic E-state index is -0.0176. The van der Waals surface area contributed by atoms with Gasteiger partial charge in [-0.05, 0) is 120 Å². The molecular formula is C48H52N2O9. The van der Waals surface area contributed by atoms with Crippen molar-refractivity contribution in [2.75, 3.05) is 89.1 Å². The Morgan fingerprint density at radius 2 is 0.559 bits per heavy atom. The lowest BCUT2D eigenvalue weighted by Gasteiger charge is -2.26. The van der Waals surface area contributed by atoms with Gasteiger partial charge < -0.3 is 53.5 Å². The predicted octanol–water partition coefficient (Wildman–Crippen LogP) is 8.46. The van der Waals surface area contributed by atoms with Crippen molar-refractivity contribution < 1.29 is 43.7 Å². The monoisotopic (exact) mass is 800 g/mol. The number of aliphatic hydroxyl groups is 3. The fourth-order valence-corrected chi connectivity index (χ4v) is 6.31. The lowest BCUT2D eigenvalue weighted by atomic mass is 10.0. The Labute approximate surface area is 346 Å². The Balaban J connectivity index is 1.20. The first-order valence-electron chi connectivity index (χ1n) is 19.8. The second kappa shape index (κ2) is 23.5. The molecule has 0 amide bonds. The van der Waals surface area contributed by atoms with Crippen LogP contribution < -0.4 is 24.0 Å². The van der Waals surface area contributed by atoms with Gasteiger partial charge in [-0.3, -0.25) is 0 Å². The largest absolute Gasteiger partial charge is 0.491 e. The van der Waals surface area contributed by atoms with Gasteiger partial charge in [-0.25, -0.2) is 0 Å². The maximum Gasteiger partial charge on any atom is 0.119 e. The van der Waals surface area contributed by atoms with Crippen LogP contribution in [-0.4, -0.2) is 94.6 Å². The van der Waals surface area contributed by atoms with Crippen molar-refractivity contribution in [2.24, 2.45) is 0 Å². The zero-order chi connectivity index (χ0) is 40.9. The third-order valence-corrected chi connectivity index (χ3v) is 9.08. The van der Waals surface area contributed by atoms with E-state index in [1.165, 1.54) is 0 Å². The van der Waals surface area contributed by atoms with Crippen molar-refractivity contribution in [2.45, 2.75) is 0 Å². The summed E-state index contributed by atoms with van der Waals surface area (Å²) in [6, 6.07) is 51.2. The van der Waals surface area contributed by atoms with Crippen molar-refractivity contribution in [3.8, 4) is 28.4 Å². The Morgan fingerprint density at radius 1 is 0.288 bits per heavy atom. The maximum atomic E-state index is 8.95. The van der Waals surface area contributed by atoms with E-state index >= 15 is 0 Å². The standard InChI is InChI=1S/C48H52N2O9/c51-26-29-54-32-35-57-46-20-14-43(15-21-46)49(40-4-2-1-3-5-40)41-10-6-38(7-11-41)39-8-12-42(13-9-39)50(44-16-22-47(23-17-44)58-36-33-55-30-27-52)45-18-24-48(25-19-45)59-37-34-56-31-28-53/h1-25,51-53H,26-37H2. The third kappa shape index (κ3) is 12.8. The molecule has 11 nitrogen and oxygen atoms in total. The van der Waals surface area contributed by atoms with Gasteiger partial charge in [0.15, 0.2) is 0 Å². The highest BCUT2D eigenvalue weighted by molar-refractivity contribution is 5.81. The van der Waals surface area contributed by atoms with Gasteiger partial charge in [0.25, 0.3) is 0 Å². The van der Waals surface area contributed by atoms with Crippen LogP contribution in [0.4, 0.5) is 34.1 Å². The molecule has 6 aromatic carbocycles. The van der Waals surface area contributed by atoms with E-state index in [-0.39, 0.29) is 33.0 Å². The molecule has 3 N–H and O–H groups in total. The zero-order valence-corrected chi connectivity index (χ0v) is 33.1. The van der Waals surface area contributed by atoms with Crippen LogP contribution in [0, 0.1) is 0 Å². The molecule has 0 aliphatic rings. The van der Waals surface area contributed by atoms with E-state index in [1.54, 1.807) is 0 Å². The summed E-state index contributed by atoms with van der Waals surface area (Å²) < 4.78 is 33.5. The van der Waals surface area contributed by atoms with Crippen molar-refractivity contribution in [3.05, 3.63) is 152 Å². The van der Waals surface area contributed by atoms with Gasteiger partial charge in [0.2, 0.25) is 0 Å². The molecule has 0 radical (unpaired) electrons. The average Bonchev–Trinajstić information content (AvgIpc) is 3.29. The molecule has 0 saturated carbocycles. The molecule has 0 aliphatic carbocycles. The highest BCUT2D eigenvalue weighted by Gasteiger charge is 2.16. The molecule has 59 heavy (non-hydrogen) atoms. The fraction of sp³-hybridized carbons (Fsp3) is 0.250. The molecule has 0 bridgehead atoms. The van der Waals surface area contributed by atoms with Gasteiger partial charge in [0, 0.05) is 34.1 Å². The maximum absolute atomic E-state index is 8.95. The molecular weight excluding hydrogens is 749 g/mol. The summed E-state index contributed by atoms with van der Waals surface area (Å²) in [5.74, 6) is 2.19. The normalized spacial score (nSPS) is 11.0. The fourth-order valence-electron chi connectivity index (χ4n) is 6.31. The Kier molecular flexibility index (Phi) is 17.0. The molecule has 0 unspecified atom stereocenters. The van der Waals surface area contributed by atoms with Crippen LogP contribution in [0.1, 0.15) is 0 Å². The molecule has 0 atom stereocenters. The number of hydrogen-bond donors (Lipinski definition) is 3. The molecule has 0 spiro atoms. The molecule has 308 valence electrons. The van der Waals surface area contributed by atoms with Crippen molar-refractivity contribution in [3.63, 3.8) is 0 Å². The molecule has 0 saturated heterocycles. The van der Waals surface area contributed by atoms with Gasteiger partial charge in [-0.1, -0.05) is 42.5 Å². The topological polar surface area (TPSA) is 123 Å². The van der Waals surface area contributed by atoms with Gasteiger partial charge in [-0.15, -0.1) is 0 Å². The quantitative estimate of drug-likeness (QED) is 0.0484. The summed E-state index contributed by atoms with van der Waals surface area (Å²) >= 11 is 0. The van der Waals surface area contributed by atoms with Crippen molar-refractivity contribution >= 4 is 34.1 Å². The van der Waals surface area contributed by atoms with Crippen LogP contribution in [0.15, 0.2) is 152 Å². The minimum Gasteiger partial charge on any atom is -0.491 e. The summed E-state index contributed by atoms with van der Waals surface area (Å²) in [5.41, 5.74) is 8.09. The summed E-state index contributed by atoms with van der Waals surface area (Å²) in [4.78, 5) is 4.38. The molecule has 0 aliphatic heterocycles. The number of hydrogen-bond acceptors (Lipinski definition) is 11. The average molecular weight is 801 g/mol. The molecule has 11 heteroatoms. The minimum absolute atomic E-state index is 0.00629. The van der Waals surface area contributed by atoms with E-state index in [2.05, 4.69) is 70.5 Å². The van der Waals surface area contributed by atoms with E-state index in [9.17, 15) is 0 Å². The van der Waals surface area contributed by atoms with E-state index in [1.807, 2.05) is 91.0 Å². The Hall–Kier alpha value is -5.92. The van der Waals surface area contributed by atoms with E-state index in [4.69, 9.17) is 43.7 Å². The Bertz CT molecular complexity index is 1990. The van der Waals surface area contributed by atoms with Crippen LogP contribution >= 0.6 is 0 Å². The molecule has 0 heterocycles. The molecule has 0 aromatic heterocycles. The molecule has 0 fully saturated rings. The van der Waals surface area contributed by atoms with Gasteiger partial charge in [0.05, 0.1) is 59.5 Å². The van der Waals surface area contributed by atoms with E-state index in [0.29, 0.717) is 46.2 Å². The third-order valence-electron chi connectivity index (χ3n) is 9.08. The first-order valence-corrected chi connectivity index (χ1v) is 19.8. The van der Waals surface area contributed by atoms with E-state index in [0.717, 1.165) is 62.5 Å². The highest BCUT2D eigenvalue weighted by atomic mass is 16.5. The number of benzene rings is 6. The van der Waals surface area contributed by atoms with Crippen LogP contribution in [0.2, 0.25) is 0 Å². The number of rotatable bonds is 25. The second-order valence-electron chi connectivity index (χ2n) is 13.1. The van der Waals surface area contributed by atoms with Crippen LogP contribution in [0.3, 0.4) is 0 Å². The predicted molar refractivity (Wildman–Crippen MR) is 231 cm³/mol. The highest BCUT2D eigenvalue weighted by Crippen LogP contribution is 2.39. The van der Waals surface area contributed by atoms with Crippen LogP contribution in [-0.2, 0) is 14.2 Å². The zero-order valence-electron chi connectivity index (χ0n) is 33.1. The van der Waals surface area contributed by atoms with Crippen LogP contribution in [0.5, 0.6) is 17.2 Å². The Morgan fingerprint density at radius 3 is 0.847 bits per heavy atom. The number of aliphatic hydroxyl groups excluding tert-OH is 3. The summed E-state index contributed by atoms with van der Waals surface area (Å²) in [5, 5.41) is 26.8. The number of nitrogens with zero attached hydrogens (tertiary/aromatic N) is 2. The SMILES string of the molecule is OCCOCCOc1ccc(N(c2ccccc2)c2ccc(-c3ccc(N(c4ccc(OCCOCCO)cc4)c4ccc(OCCOCCO)cc4)cc3)cc2)cc1. The smallest absolute Gasteiger partial charge is 0.119 e. The number of anilines is 6. The summed E-state index contributed by atoms with van der Waals surface area (Å²) in [6.07, 6.45) is 0. The van der Waals surface area contributed by atoms with Gasteiger partial charge >= 0.3 is 0 Å². The van der Waals surface area contributed by atoms with Gasteiger partial charge in [-0.2, -0.15) is 0 Å². The first kappa shape index (κ1) is 42.7. The molecule has 6 rings (SSSR count). The van der Waals surface area contributed by atoms with Gasteiger partial charge in [0.1, 0.15) is 37.1 Å². The van der Waals surface area contributed by atoms with Crippen molar-refractivity contribution in [1.29, 1.82) is 0 Å². The summed E-state index contributed by atoms with van der Waals surface area (Å²) in [7, 11) is 0. The van der Waals surface area contributed by atoms with Crippen LogP contribution in [0.25, 0.3) is 11.1 Å². The van der Waals surface area contributed by atoms with Crippen molar-refractivity contribution in [1.82, 2.24) is 0 Å². The first-order chi connectivity index (χ1) is 29.2. The van der Waals surface area contributed by atoms with E-state index < -0.39 is 0 Å². The molecule has 6 aromatic rings.